The van der Waals surface area contributed by atoms with Crippen molar-refractivity contribution in [1.82, 2.24) is 5.32 Å². The molecule has 0 spiro atoms. The number of likely N-dealkylation sites (N-methyl/N-ethyl adjacent to an activating group) is 1. The van der Waals surface area contributed by atoms with Gasteiger partial charge in [-0.1, -0.05) is 13.0 Å². The number of aryl methyl sites for hydroxylation is 1. The third kappa shape index (κ3) is 2.55. The van der Waals surface area contributed by atoms with Crippen LogP contribution in [0.15, 0.2) is 22.8 Å². The van der Waals surface area contributed by atoms with Gasteiger partial charge in [-0.15, -0.1) is 0 Å². The van der Waals surface area contributed by atoms with Crippen molar-refractivity contribution in [3.05, 3.63) is 29.7 Å². The molecule has 1 rings (SSSR count). The van der Waals surface area contributed by atoms with Crippen LogP contribution in [0, 0.1) is 6.92 Å². The topological polar surface area (TPSA) is 25.2 Å². The van der Waals surface area contributed by atoms with Gasteiger partial charge in [0.2, 0.25) is 0 Å². The van der Waals surface area contributed by atoms with Gasteiger partial charge in [-0.05, 0) is 31.2 Å². The fourth-order valence-corrected chi connectivity index (χ4v) is 0.949. The lowest BCUT2D eigenvalue weighted by Gasteiger charge is -1.92. The number of hydrogen-bond acceptors (Lipinski definition) is 2. The Morgan fingerprint density at radius 3 is 3.00 bits per heavy atom. The highest BCUT2D eigenvalue weighted by Gasteiger charge is 1.94. The van der Waals surface area contributed by atoms with Gasteiger partial charge in [-0.3, -0.25) is 0 Å². The van der Waals surface area contributed by atoms with E-state index in [0.29, 0.717) is 0 Å². The van der Waals surface area contributed by atoms with E-state index in [-0.39, 0.29) is 0 Å². The van der Waals surface area contributed by atoms with E-state index in [0.717, 1.165) is 18.8 Å². The Balaban J connectivity index is 2.41. The van der Waals surface area contributed by atoms with Gasteiger partial charge in [0.15, 0.2) is 0 Å². The Labute approximate surface area is 73.3 Å². The lowest BCUT2D eigenvalue weighted by molar-refractivity contribution is 0.554. The summed E-state index contributed by atoms with van der Waals surface area (Å²) in [5, 5.41) is 3.20. The van der Waals surface area contributed by atoms with Crippen LogP contribution in [0.25, 0.3) is 6.08 Å². The second-order valence-electron chi connectivity index (χ2n) is 2.68. The van der Waals surface area contributed by atoms with Crippen LogP contribution in [0.3, 0.4) is 0 Å². The molecule has 0 saturated heterocycles. The Kier molecular flexibility index (Phi) is 3.61. The monoisotopic (exact) mass is 165 g/mol. The molecular formula is C10H15NO. The van der Waals surface area contributed by atoms with Crippen LogP contribution < -0.4 is 5.32 Å². The predicted molar refractivity (Wildman–Crippen MR) is 51.0 cm³/mol. The van der Waals surface area contributed by atoms with Crippen molar-refractivity contribution in [3.8, 4) is 0 Å². The summed E-state index contributed by atoms with van der Waals surface area (Å²) in [7, 11) is 0. The maximum Gasteiger partial charge on any atom is 0.129 e. The molecule has 0 aliphatic heterocycles. The molecular weight excluding hydrogens is 150 g/mol. The molecule has 1 aromatic rings. The van der Waals surface area contributed by atoms with Gasteiger partial charge in [-0.2, -0.15) is 0 Å². The number of furan rings is 1. The Morgan fingerprint density at radius 1 is 1.58 bits per heavy atom. The summed E-state index contributed by atoms with van der Waals surface area (Å²) in [6.07, 6.45) is 5.77. The minimum atomic E-state index is 0.899. The first-order valence-corrected chi connectivity index (χ1v) is 4.26. The van der Waals surface area contributed by atoms with Crippen LogP contribution in [-0.2, 0) is 0 Å². The molecule has 0 atom stereocenters. The molecule has 2 nitrogen and oxygen atoms in total. The summed E-state index contributed by atoms with van der Waals surface area (Å²) in [5.41, 5.74) is 1.18. The predicted octanol–water partition coefficient (Wildman–Crippen LogP) is 2.21. The van der Waals surface area contributed by atoms with Crippen molar-refractivity contribution < 1.29 is 4.42 Å². The van der Waals surface area contributed by atoms with Crippen LogP contribution in [0.4, 0.5) is 0 Å². The second kappa shape index (κ2) is 4.78. The Morgan fingerprint density at radius 2 is 2.42 bits per heavy atom. The van der Waals surface area contributed by atoms with Crippen molar-refractivity contribution in [2.45, 2.75) is 13.8 Å². The zero-order valence-electron chi connectivity index (χ0n) is 7.63. The second-order valence-corrected chi connectivity index (χ2v) is 2.68. The van der Waals surface area contributed by atoms with E-state index in [1.807, 2.05) is 19.1 Å². The van der Waals surface area contributed by atoms with Crippen molar-refractivity contribution >= 4 is 6.08 Å². The van der Waals surface area contributed by atoms with E-state index in [9.17, 15) is 0 Å². The van der Waals surface area contributed by atoms with E-state index in [2.05, 4.69) is 18.3 Å². The molecule has 0 unspecified atom stereocenters. The summed E-state index contributed by atoms with van der Waals surface area (Å²) >= 11 is 0. The van der Waals surface area contributed by atoms with Crippen LogP contribution >= 0.6 is 0 Å². The fraction of sp³-hybridized carbons (Fsp3) is 0.400. The zero-order valence-corrected chi connectivity index (χ0v) is 7.63. The quantitative estimate of drug-likeness (QED) is 0.692. The molecule has 12 heavy (non-hydrogen) atoms. The molecule has 2 heteroatoms. The molecule has 0 amide bonds. The highest BCUT2D eigenvalue weighted by Crippen LogP contribution is 2.09. The van der Waals surface area contributed by atoms with Gasteiger partial charge in [0, 0.05) is 6.54 Å². The van der Waals surface area contributed by atoms with Crippen molar-refractivity contribution in [2.24, 2.45) is 0 Å². The van der Waals surface area contributed by atoms with Crippen LogP contribution in [0.5, 0.6) is 0 Å². The van der Waals surface area contributed by atoms with Gasteiger partial charge >= 0.3 is 0 Å². The maximum atomic E-state index is 5.23. The average molecular weight is 165 g/mol. The standard InChI is InChI=1S/C10H15NO/c1-3-11-7-4-5-10-9(2)6-8-12-10/h4-6,8,11H,3,7H2,1-2H3/b5-4+. The lowest BCUT2D eigenvalue weighted by atomic mass is 10.2. The lowest BCUT2D eigenvalue weighted by Crippen LogP contribution is -2.11. The zero-order chi connectivity index (χ0) is 8.81. The largest absolute Gasteiger partial charge is 0.465 e. The van der Waals surface area contributed by atoms with Crippen LogP contribution in [0.2, 0.25) is 0 Å². The first-order valence-electron chi connectivity index (χ1n) is 4.26. The van der Waals surface area contributed by atoms with Crippen molar-refractivity contribution in [2.75, 3.05) is 13.1 Å². The molecule has 1 heterocycles. The highest BCUT2D eigenvalue weighted by molar-refractivity contribution is 5.46. The van der Waals surface area contributed by atoms with Crippen LogP contribution in [0.1, 0.15) is 18.2 Å². The third-order valence-corrected chi connectivity index (χ3v) is 1.68. The number of hydrogen-bond donors (Lipinski definition) is 1. The SMILES string of the molecule is CCNC/C=C/c1occc1C. The summed E-state index contributed by atoms with van der Waals surface area (Å²) in [5.74, 6) is 0.952. The van der Waals surface area contributed by atoms with E-state index in [1.165, 1.54) is 5.56 Å². The molecule has 0 aliphatic carbocycles. The van der Waals surface area contributed by atoms with Gasteiger partial charge in [-0.25, -0.2) is 0 Å². The molecule has 0 saturated carbocycles. The molecule has 0 radical (unpaired) electrons. The normalized spacial score (nSPS) is 11.2. The number of nitrogens with one attached hydrogen (secondary N) is 1. The Hall–Kier alpha value is -1.02. The van der Waals surface area contributed by atoms with E-state index >= 15 is 0 Å². The molecule has 0 fully saturated rings. The molecule has 0 aliphatic rings. The van der Waals surface area contributed by atoms with Crippen molar-refractivity contribution in [1.29, 1.82) is 0 Å². The smallest absolute Gasteiger partial charge is 0.129 e. The third-order valence-electron chi connectivity index (χ3n) is 1.68. The van der Waals surface area contributed by atoms with Gasteiger partial charge in [0.25, 0.3) is 0 Å². The summed E-state index contributed by atoms with van der Waals surface area (Å²) in [6.45, 7) is 6.03. The number of rotatable bonds is 4. The minimum absolute atomic E-state index is 0.899. The van der Waals surface area contributed by atoms with Gasteiger partial charge in [0.1, 0.15) is 5.76 Å². The van der Waals surface area contributed by atoms with Gasteiger partial charge in [0.05, 0.1) is 6.26 Å². The Bertz CT molecular complexity index is 250. The summed E-state index contributed by atoms with van der Waals surface area (Å²) in [4.78, 5) is 0. The molecule has 0 bridgehead atoms. The fourth-order valence-electron chi connectivity index (χ4n) is 0.949. The maximum absolute atomic E-state index is 5.23. The first-order chi connectivity index (χ1) is 5.84. The van der Waals surface area contributed by atoms with Gasteiger partial charge < -0.3 is 9.73 Å². The first kappa shape index (κ1) is 9.07. The molecule has 1 aromatic heterocycles. The van der Waals surface area contributed by atoms with E-state index < -0.39 is 0 Å². The van der Waals surface area contributed by atoms with E-state index in [1.54, 1.807) is 6.26 Å². The molecule has 66 valence electrons. The van der Waals surface area contributed by atoms with Crippen molar-refractivity contribution in [3.63, 3.8) is 0 Å². The van der Waals surface area contributed by atoms with Crippen LogP contribution in [-0.4, -0.2) is 13.1 Å². The van der Waals surface area contributed by atoms with E-state index in [4.69, 9.17) is 4.42 Å². The summed E-state index contributed by atoms with van der Waals surface area (Å²) in [6, 6.07) is 1.97. The molecule has 1 N–H and O–H groups in total. The summed E-state index contributed by atoms with van der Waals surface area (Å²) < 4.78 is 5.23. The molecule has 0 aromatic carbocycles. The minimum Gasteiger partial charge on any atom is -0.465 e. The average Bonchev–Trinajstić information content (AvgIpc) is 2.46. The highest BCUT2D eigenvalue weighted by atomic mass is 16.3.